The second-order valence-electron chi connectivity index (χ2n) is 5.03. The summed E-state index contributed by atoms with van der Waals surface area (Å²) < 4.78 is 11.9. The molecule has 0 saturated heterocycles. The molecule has 1 unspecified atom stereocenters. The van der Waals surface area contributed by atoms with Gasteiger partial charge in [0.1, 0.15) is 0 Å². The smallest absolute Gasteiger partial charge is 0.188 e. The third-order valence-electron chi connectivity index (χ3n) is 3.10. The summed E-state index contributed by atoms with van der Waals surface area (Å²) >= 11 is 0. The molecule has 3 N–H and O–H groups in total. The Morgan fingerprint density at radius 2 is 1.95 bits per heavy atom. The van der Waals surface area contributed by atoms with Gasteiger partial charge in [0.15, 0.2) is 5.96 Å². The molecule has 1 aromatic rings. The van der Waals surface area contributed by atoms with Gasteiger partial charge in [0.25, 0.3) is 0 Å². The van der Waals surface area contributed by atoms with Gasteiger partial charge in [0.2, 0.25) is 0 Å². The molecule has 1 rings (SSSR count). The summed E-state index contributed by atoms with van der Waals surface area (Å²) in [5.74, 6) is 1.64. The van der Waals surface area contributed by atoms with Crippen molar-refractivity contribution in [1.29, 1.82) is 0 Å². The highest BCUT2D eigenvalue weighted by Crippen LogP contribution is 2.02. The molecule has 0 heterocycles. The van der Waals surface area contributed by atoms with Gasteiger partial charge in [-0.2, -0.15) is 0 Å². The van der Waals surface area contributed by atoms with Crippen LogP contribution in [0, 0.1) is 0 Å². The van der Waals surface area contributed by atoms with Crippen LogP contribution >= 0.6 is 24.0 Å². The number of aliphatic imine (C=N–C) groups is 1. The molecule has 0 radical (unpaired) electrons. The minimum atomic E-state index is -0.871. The average molecular weight is 437 g/mol. The molecule has 0 aliphatic heterocycles. The fourth-order valence-electron chi connectivity index (χ4n) is 1.92. The number of nitrogens with two attached hydrogens (primary N) is 1. The molecule has 0 bridgehead atoms. The van der Waals surface area contributed by atoms with Crippen LogP contribution in [0.15, 0.2) is 35.3 Å². The van der Waals surface area contributed by atoms with Crippen LogP contribution in [0.2, 0.25) is 0 Å². The van der Waals surface area contributed by atoms with Crippen LogP contribution in [0.4, 0.5) is 0 Å². The van der Waals surface area contributed by atoms with E-state index in [-0.39, 0.29) is 24.0 Å². The molecule has 0 fully saturated rings. The summed E-state index contributed by atoms with van der Waals surface area (Å²) in [6.45, 7) is 3.56. The van der Waals surface area contributed by atoms with E-state index in [0.29, 0.717) is 24.0 Å². The Labute approximate surface area is 153 Å². The summed E-state index contributed by atoms with van der Waals surface area (Å²) in [6, 6.07) is 9.89. The quantitative estimate of drug-likeness (QED) is 0.256. The summed E-state index contributed by atoms with van der Waals surface area (Å²) in [5.41, 5.74) is 6.87. The highest BCUT2D eigenvalue weighted by atomic mass is 127. The Morgan fingerprint density at radius 3 is 2.64 bits per heavy atom. The van der Waals surface area contributed by atoms with E-state index in [4.69, 9.17) is 5.73 Å². The standard InChI is InChI=1S/C16H27N3OS.HI/c1-2-3-4-8-11-18-16(17)19-12-13-21(20)14-15-9-6-5-7-10-15;/h5-7,9-10H,2-4,8,11-14H2,1H3,(H3,17,18,19);1H. The maximum atomic E-state index is 11.9. The van der Waals surface area contributed by atoms with Crippen LogP contribution in [-0.4, -0.2) is 29.0 Å². The van der Waals surface area contributed by atoms with E-state index in [1.165, 1.54) is 19.3 Å². The molecule has 0 aliphatic carbocycles. The van der Waals surface area contributed by atoms with Crippen molar-refractivity contribution in [3.63, 3.8) is 0 Å². The summed E-state index contributed by atoms with van der Waals surface area (Å²) in [7, 11) is -0.871. The number of hydrogen-bond acceptors (Lipinski definition) is 2. The van der Waals surface area contributed by atoms with Crippen LogP contribution in [0.25, 0.3) is 0 Å². The number of rotatable bonds is 10. The number of hydrogen-bond donors (Lipinski definition) is 2. The van der Waals surface area contributed by atoms with Crippen LogP contribution < -0.4 is 11.1 Å². The van der Waals surface area contributed by atoms with Crippen molar-refractivity contribution in [2.24, 2.45) is 10.7 Å². The molecule has 126 valence electrons. The van der Waals surface area contributed by atoms with Gasteiger partial charge in [-0.05, 0) is 12.0 Å². The Balaban J connectivity index is 0.00000441. The zero-order valence-electron chi connectivity index (χ0n) is 13.3. The van der Waals surface area contributed by atoms with Gasteiger partial charge >= 0.3 is 0 Å². The molecule has 0 saturated carbocycles. The molecular weight excluding hydrogens is 409 g/mol. The number of nitrogens with one attached hydrogen (secondary N) is 1. The molecule has 1 aromatic carbocycles. The van der Waals surface area contributed by atoms with E-state index in [1.54, 1.807) is 0 Å². The van der Waals surface area contributed by atoms with E-state index >= 15 is 0 Å². The Kier molecular flexibility index (Phi) is 13.6. The molecule has 0 aliphatic rings. The monoisotopic (exact) mass is 437 g/mol. The largest absolute Gasteiger partial charge is 0.370 e. The minimum Gasteiger partial charge on any atom is -0.370 e. The highest BCUT2D eigenvalue weighted by molar-refractivity contribution is 14.0. The number of unbranched alkanes of at least 4 members (excludes halogenated alkanes) is 3. The lowest BCUT2D eigenvalue weighted by molar-refractivity contribution is 0.673. The van der Waals surface area contributed by atoms with Crippen molar-refractivity contribution in [2.75, 3.05) is 18.8 Å². The van der Waals surface area contributed by atoms with E-state index < -0.39 is 10.8 Å². The third kappa shape index (κ3) is 11.0. The first kappa shape index (κ1) is 21.4. The lowest BCUT2D eigenvalue weighted by Crippen LogP contribution is -2.34. The van der Waals surface area contributed by atoms with Crippen molar-refractivity contribution < 1.29 is 4.21 Å². The predicted octanol–water partition coefficient (Wildman–Crippen LogP) is 3.04. The Bertz CT molecular complexity index is 440. The van der Waals surface area contributed by atoms with Crippen molar-refractivity contribution >= 4 is 40.7 Å². The lowest BCUT2D eigenvalue weighted by atomic mass is 10.2. The van der Waals surface area contributed by atoms with E-state index in [2.05, 4.69) is 17.2 Å². The number of benzene rings is 1. The zero-order valence-corrected chi connectivity index (χ0v) is 16.4. The number of halogens is 1. The molecule has 22 heavy (non-hydrogen) atoms. The third-order valence-corrected chi connectivity index (χ3v) is 4.41. The van der Waals surface area contributed by atoms with E-state index in [1.807, 2.05) is 30.3 Å². The number of nitrogens with zero attached hydrogens (tertiary/aromatic N) is 1. The summed E-state index contributed by atoms with van der Waals surface area (Å²) in [6.07, 6.45) is 4.76. The van der Waals surface area contributed by atoms with Gasteiger partial charge in [-0.25, -0.2) is 0 Å². The van der Waals surface area contributed by atoms with Crippen LogP contribution in [0.5, 0.6) is 0 Å². The maximum Gasteiger partial charge on any atom is 0.188 e. The second-order valence-corrected chi connectivity index (χ2v) is 6.60. The normalized spacial score (nSPS) is 12.5. The molecule has 4 nitrogen and oxygen atoms in total. The van der Waals surface area contributed by atoms with Gasteiger partial charge in [-0.1, -0.05) is 56.5 Å². The molecule has 0 amide bonds. The van der Waals surface area contributed by atoms with Gasteiger partial charge < -0.3 is 11.1 Å². The van der Waals surface area contributed by atoms with Crippen LogP contribution in [0.3, 0.4) is 0 Å². The molecular formula is C16H28IN3OS. The Morgan fingerprint density at radius 1 is 1.23 bits per heavy atom. The van der Waals surface area contributed by atoms with Gasteiger partial charge in [0, 0.05) is 35.4 Å². The molecule has 6 heteroatoms. The van der Waals surface area contributed by atoms with Crippen molar-refractivity contribution in [3.8, 4) is 0 Å². The summed E-state index contributed by atoms with van der Waals surface area (Å²) in [4.78, 5) is 4.26. The molecule has 1 atom stereocenters. The molecule has 0 spiro atoms. The van der Waals surface area contributed by atoms with Crippen molar-refractivity contribution in [3.05, 3.63) is 35.9 Å². The van der Waals surface area contributed by atoms with Crippen LogP contribution in [0.1, 0.15) is 38.2 Å². The number of guanidine groups is 1. The predicted molar refractivity (Wildman–Crippen MR) is 107 cm³/mol. The first-order chi connectivity index (χ1) is 10.2. The van der Waals surface area contributed by atoms with Crippen molar-refractivity contribution in [1.82, 2.24) is 5.32 Å². The fourth-order valence-corrected chi connectivity index (χ4v) is 2.96. The lowest BCUT2D eigenvalue weighted by Gasteiger charge is -2.06. The topological polar surface area (TPSA) is 67.5 Å². The van der Waals surface area contributed by atoms with Gasteiger partial charge in [-0.3, -0.25) is 9.20 Å². The van der Waals surface area contributed by atoms with Gasteiger partial charge in [-0.15, -0.1) is 24.0 Å². The van der Waals surface area contributed by atoms with Gasteiger partial charge in [0.05, 0.1) is 0 Å². The summed E-state index contributed by atoms with van der Waals surface area (Å²) in [5, 5.41) is 3.02. The minimum absolute atomic E-state index is 0. The first-order valence-electron chi connectivity index (χ1n) is 7.65. The zero-order chi connectivity index (χ0) is 15.3. The highest BCUT2D eigenvalue weighted by Gasteiger charge is 2.01. The SMILES string of the molecule is CCCCCCN=C(N)NCCS(=O)Cc1ccccc1.I. The maximum absolute atomic E-state index is 11.9. The Hall–Kier alpha value is -0.630. The fraction of sp³-hybridized carbons (Fsp3) is 0.562. The van der Waals surface area contributed by atoms with E-state index in [9.17, 15) is 4.21 Å². The molecule has 0 aromatic heterocycles. The van der Waals surface area contributed by atoms with Crippen molar-refractivity contribution in [2.45, 2.75) is 38.4 Å². The van der Waals surface area contributed by atoms with Crippen LogP contribution in [-0.2, 0) is 16.6 Å². The first-order valence-corrected chi connectivity index (χ1v) is 9.14. The van der Waals surface area contributed by atoms with E-state index in [0.717, 1.165) is 18.5 Å². The average Bonchev–Trinajstić information content (AvgIpc) is 2.48. The second kappa shape index (κ2) is 14.0.